The first kappa shape index (κ1) is 9.54. The van der Waals surface area contributed by atoms with Crippen LogP contribution in [0.1, 0.15) is 33.1 Å². The lowest BCUT2D eigenvalue weighted by Gasteiger charge is -2.20. The second-order valence-electron chi connectivity index (χ2n) is 2.74. The largest absolute Gasteiger partial charge is 0.378 e. The van der Waals surface area contributed by atoms with E-state index in [-0.39, 0.29) is 0 Å². The van der Waals surface area contributed by atoms with Crippen molar-refractivity contribution in [2.75, 3.05) is 13.6 Å². The maximum absolute atomic E-state index is 3.99. The van der Waals surface area contributed by atoms with E-state index in [1.165, 1.54) is 18.5 Å². The van der Waals surface area contributed by atoms with Crippen molar-refractivity contribution in [2.45, 2.75) is 33.1 Å². The predicted molar refractivity (Wildman–Crippen MR) is 47.0 cm³/mol. The van der Waals surface area contributed by atoms with Crippen molar-refractivity contribution >= 4 is 0 Å². The van der Waals surface area contributed by atoms with Crippen LogP contribution in [0, 0.1) is 0 Å². The number of allylic oxidation sites excluding steroid dienone is 1. The highest BCUT2D eigenvalue weighted by Crippen LogP contribution is 2.06. The summed E-state index contributed by atoms with van der Waals surface area (Å²) in [5.74, 6) is 0. The van der Waals surface area contributed by atoms with Crippen LogP contribution in [-0.2, 0) is 0 Å². The standard InChI is InChI=1S/C9H19N/c1-5-7-9(3)10(4)8-6-2/h3,5-8H2,1-2,4H3. The van der Waals surface area contributed by atoms with E-state index in [1.54, 1.807) is 0 Å². The van der Waals surface area contributed by atoms with E-state index in [0.29, 0.717) is 0 Å². The van der Waals surface area contributed by atoms with Gasteiger partial charge in [0.2, 0.25) is 0 Å². The number of rotatable bonds is 5. The van der Waals surface area contributed by atoms with Gasteiger partial charge in [0.05, 0.1) is 0 Å². The molecule has 0 atom stereocenters. The fraction of sp³-hybridized carbons (Fsp3) is 0.778. The molecule has 1 heteroatoms. The van der Waals surface area contributed by atoms with Crippen molar-refractivity contribution in [3.05, 3.63) is 12.3 Å². The van der Waals surface area contributed by atoms with Gasteiger partial charge in [-0.3, -0.25) is 0 Å². The Morgan fingerprint density at radius 1 is 1.30 bits per heavy atom. The molecule has 0 aromatic rings. The van der Waals surface area contributed by atoms with E-state index >= 15 is 0 Å². The summed E-state index contributed by atoms with van der Waals surface area (Å²) in [5, 5.41) is 0. The molecule has 0 aromatic heterocycles. The van der Waals surface area contributed by atoms with Crippen molar-refractivity contribution in [3.63, 3.8) is 0 Å². The summed E-state index contributed by atoms with van der Waals surface area (Å²) in [6.07, 6.45) is 3.54. The normalized spacial score (nSPS) is 9.50. The van der Waals surface area contributed by atoms with Crippen LogP contribution >= 0.6 is 0 Å². The van der Waals surface area contributed by atoms with Crippen molar-refractivity contribution in [1.82, 2.24) is 4.90 Å². The van der Waals surface area contributed by atoms with Crippen LogP contribution < -0.4 is 0 Å². The Balaban J connectivity index is 3.49. The molecule has 1 nitrogen and oxygen atoms in total. The Morgan fingerprint density at radius 3 is 2.30 bits per heavy atom. The van der Waals surface area contributed by atoms with E-state index in [1.807, 2.05) is 0 Å². The third-order valence-corrected chi connectivity index (χ3v) is 1.64. The fourth-order valence-corrected chi connectivity index (χ4v) is 0.973. The Morgan fingerprint density at radius 2 is 1.90 bits per heavy atom. The average Bonchev–Trinajstić information content (AvgIpc) is 1.89. The maximum Gasteiger partial charge on any atom is 0.0168 e. The van der Waals surface area contributed by atoms with Crippen molar-refractivity contribution < 1.29 is 0 Å². The van der Waals surface area contributed by atoms with Gasteiger partial charge >= 0.3 is 0 Å². The highest BCUT2D eigenvalue weighted by atomic mass is 15.1. The third kappa shape index (κ3) is 3.54. The van der Waals surface area contributed by atoms with Crippen molar-refractivity contribution in [3.8, 4) is 0 Å². The lowest BCUT2D eigenvalue weighted by molar-refractivity contribution is 0.401. The molecular weight excluding hydrogens is 122 g/mol. The smallest absolute Gasteiger partial charge is 0.0168 e. The molecule has 0 radical (unpaired) electrons. The Bertz CT molecular complexity index is 96.9. The summed E-state index contributed by atoms with van der Waals surface area (Å²) >= 11 is 0. The molecule has 0 amide bonds. The topological polar surface area (TPSA) is 3.24 Å². The van der Waals surface area contributed by atoms with Crippen LogP contribution in [0.2, 0.25) is 0 Å². The number of hydrogen-bond acceptors (Lipinski definition) is 1. The lowest BCUT2D eigenvalue weighted by Crippen LogP contribution is -2.17. The fourth-order valence-electron chi connectivity index (χ4n) is 0.973. The van der Waals surface area contributed by atoms with Crippen LogP contribution in [-0.4, -0.2) is 18.5 Å². The van der Waals surface area contributed by atoms with Crippen molar-refractivity contribution in [2.24, 2.45) is 0 Å². The van der Waals surface area contributed by atoms with Crippen molar-refractivity contribution in [1.29, 1.82) is 0 Å². The summed E-state index contributed by atoms with van der Waals surface area (Å²) in [7, 11) is 2.11. The minimum Gasteiger partial charge on any atom is -0.378 e. The van der Waals surface area contributed by atoms with Crippen LogP contribution in [0.5, 0.6) is 0 Å². The van der Waals surface area contributed by atoms with Gasteiger partial charge in [-0.25, -0.2) is 0 Å². The molecule has 0 saturated heterocycles. The zero-order valence-corrected chi connectivity index (χ0v) is 7.48. The summed E-state index contributed by atoms with van der Waals surface area (Å²) in [6.45, 7) is 9.50. The van der Waals surface area contributed by atoms with E-state index in [2.05, 4.69) is 32.4 Å². The summed E-state index contributed by atoms with van der Waals surface area (Å²) in [4.78, 5) is 2.24. The van der Waals surface area contributed by atoms with Gasteiger partial charge in [-0.05, 0) is 12.8 Å². The van der Waals surface area contributed by atoms with Crippen LogP contribution in [0.3, 0.4) is 0 Å². The third-order valence-electron chi connectivity index (χ3n) is 1.64. The van der Waals surface area contributed by atoms with Crippen LogP contribution in [0.15, 0.2) is 12.3 Å². The molecule has 0 aliphatic carbocycles. The Kier molecular flexibility index (Phi) is 5.09. The van der Waals surface area contributed by atoms with E-state index < -0.39 is 0 Å². The van der Waals surface area contributed by atoms with Gasteiger partial charge < -0.3 is 4.90 Å². The molecule has 0 rings (SSSR count). The van der Waals surface area contributed by atoms with Gasteiger partial charge in [-0.1, -0.05) is 26.8 Å². The van der Waals surface area contributed by atoms with Gasteiger partial charge in [0.25, 0.3) is 0 Å². The highest BCUT2D eigenvalue weighted by molar-refractivity contribution is 4.91. The molecule has 0 unspecified atom stereocenters. The molecule has 0 aliphatic rings. The summed E-state index contributed by atoms with van der Waals surface area (Å²) in [5.41, 5.74) is 1.27. The van der Waals surface area contributed by atoms with E-state index in [0.717, 1.165) is 13.0 Å². The van der Waals surface area contributed by atoms with Gasteiger partial charge in [-0.15, -0.1) is 0 Å². The molecule has 0 heterocycles. The number of nitrogens with zero attached hydrogens (tertiary/aromatic N) is 1. The first-order valence-corrected chi connectivity index (χ1v) is 4.11. The minimum atomic E-state index is 1.14. The summed E-state index contributed by atoms with van der Waals surface area (Å²) < 4.78 is 0. The van der Waals surface area contributed by atoms with E-state index in [4.69, 9.17) is 0 Å². The van der Waals surface area contributed by atoms with Gasteiger partial charge in [0.1, 0.15) is 0 Å². The Labute approximate surface area is 64.7 Å². The zero-order chi connectivity index (χ0) is 7.98. The Hall–Kier alpha value is -0.460. The number of hydrogen-bond donors (Lipinski definition) is 0. The minimum absolute atomic E-state index is 1.14. The maximum atomic E-state index is 3.99. The molecule has 0 fully saturated rings. The monoisotopic (exact) mass is 141 g/mol. The second kappa shape index (κ2) is 5.33. The average molecular weight is 141 g/mol. The molecule has 0 saturated carbocycles. The predicted octanol–water partition coefficient (Wildman–Crippen LogP) is 2.64. The van der Waals surface area contributed by atoms with Crippen LogP contribution in [0.4, 0.5) is 0 Å². The van der Waals surface area contributed by atoms with E-state index in [9.17, 15) is 0 Å². The molecule has 0 bridgehead atoms. The van der Waals surface area contributed by atoms with Crippen LogP contribution in [0.25, 0.3) is 0 Å². The first-order valence-electron chi connectivity index (χ1n) is 4.11. The second-order valence-corrected chi connectivity index (χ2v) is 2.74. The van der Waals surface area contributed by atoms with Gasteiger partial charge in [0, 0.05) is 19.3 Å². The molecular formula is C9H19N. The highest BCUT2D eigenvalue weighted by Gasteiger charge is 1.97. The molecule has 0 aliphatic heterocycles. The molecule has 0 N–H and O–H groups in total. The first-order chi connectivity index (χ1) is 4.72. The van der Waals surface area contributed by atoms with Gasteiger partial charge in [0.15, 0.2) is 0 Å². The molecule has 0 aromatic carbocycles. The quantitative estimate of drug-likeness (QED) is 0.569. The SMILES string of the molecule is C=C(CCC)N(C)CCC. The molecule has 10 heavy (non-hydrogen) atoms. The summed E-state index contributed by atoms with van der Waals surface area (Å²) in [6, 6.07) is 0. The van der Waals surface area contributed by atoms with Gasteiger partial charge in [-0.2, -0.15) is 0 Å². The lowest BCUT2D eigenvalue weighted by atomic mass is 10.2. The molecule has 0 spiro atoms. The zero-order valence-electron chi connectivity index (χ0n) is 7.48. The molecule has 60 valence electrons.